The van der Waals surface area contributed by atoms with E-state index >= 15 is 0 Å². The first-order chi connectivity index (χ1) is 15.7. The van der Waals surface area contributed by atoms with Gasteiger partial charge in [-0.3, -0.25) is 0 Å². The third-order valence-corrected chi connectivity index (χ3v) is 5.77. The number of rotatable bonds is 5. The van der Waals surface area contributed by atoms with Crippen molar-refractivity contribution in [3.8, 4) is 0 Å². The van der Waals surface area contributed by atoms with Crippen LogP contribution in [0, 0.1) is 11.8 Å². The molecule has 4 atom stereocenters. The average molecular weight is 535 g/mol. The third-order valence-electron chi connectivity index (χ3n) is 5.77. The maximum absolute atomic E-state index is 13.1. The van der Waals surface area contributed by atoms with Gasteiger partial charge in [0.25, 0.3) is 0 Å². The molecule has 0 aromatic rings. The number of ether oxygens (including phenoxy) is 2. The summed E-state index contributed by atoms with van der Waals surface area (Å²) in [6, 6.07) is 0. The third kappa shape index (κ3) is 9.42. The van der Waals surface area contributed by atoms with Crippen molar-refractivity contribution in [2.45, 2.75) is 103 Å². The van der Waals surface area contributed by atoms with Crippen LogP contribution in [0.15, 0.2) is 24.3 Å². The molecule has 36 heavy (non-hydrogen) atoms. The lowest BCUT2D eigenvalue weighted by Gasteiger charge is -2.46. The van der Waals surface area contributed by atoms with Crippen molar-refractivity contribution in [2.24, 2.45) is 11.8 Å². The Morgan fingerprint density at radius 3 is 1.28 bits per heavy atom. The number of aliphatic hydroxyl groups is 2. The van der Waals surface area contributed by atoms with Crippen LogP contribution in [-0.2, 0) is 19.1 Å². The molecule has 0 spiro atoms. The highest BCUT2D eigenvalue weighted by atomic mass is 19.4. The first kappa shape index (κ1) is 33.9. The van der Waals surface area contributed by atoms with Crippen LogP contribution in [0.1, 0.15) is 67.7 Å². The second-order valence-electron chi connectivity index (χ2n) is 10.5. The second-order valence-corrected chi connectivity index (χ2v) is 10.5. The Labute approximate surface area is 207 Å². The van der Waals surface area contributed by atoms with Crippen LogP contribution >= 0.6 is 0 Å². The molecule has 1 saturated carbocycles. The Bertz CT molecular complexity index is 786. The van der Waals surface area contributed by atoms with E-state index in [2.05, 4.69) is 13.2 Å². The second kappa shape index (κ2) is 11.5. The largest absolute Gasteiger partial charge is 0.459 e. The van der Waals surface area contributed by atoms with Gasteiger partial charge in [0.1, 0.15) is 11.7 Å². The fraction of sp³-hybridized carbons (Fsp3) is 0.750. The Morgan fingerprint density at radius 2 is 1.06 bits per heavy atom. The monoisotopic (exact) mass is 534 g/mol. The molecule has 6 nitrogen and oxygen atoms in total. The Kier molecular flexibility index (Phi) is 10.9. The zero-order valence-electron chi connectivity index (χ0n) is 21.6. The van der Waals surface area contributed by atoms with E-state index in [-0.39, 0.29) is 11.5 Å². The van der Waals surface area contributed by atoms with Gasteiger partial charge in [0.05, 0.1) is 0 Å². The van der Waals surface area contributed by atoms with Crippen LogP contribution in [0.5, 0.6) is 0 Å². The van der Waals surface area contributed by atoms with Crippen molar-refractivity contribution >= 4 is 11.9 Å². The van der Waals surface area contributed by atoms with Crippen molar-refractivity contribution in [2.75, 3.05) is 0 Å². The van der Waals surface area contributed by atoms with Gasteiger partial charge in [-0.15, -0.1) is 0 Å². The number of carbonyl (C=O) groups excluding carboxylic acids is 2. The van der Waals surface area contributed by atoms with Crippen molar-refractivity contribution < 1.29 is 55.6 Å². The van der Waals surface area contributed by atoms with Crippen molar-refractivity contribution in [3.63, 3.8) is 0 Å². The molecule has 0 aliphatic heterocycles. The molecule has 0 amide bonds. The first-order valence-electron chi connectivity index (χ1n) is 11.1. The molecule has 0 radical (unpaired) electrons. The quantitative estimate of drug-likeness (QED) is 0.278. The van der Waals surface area contributed by atoms with Crippen molar-refractivity contribution in [1.82, 2.24) is 0 Å². The highest BCUT2D eigenvalue weighted by molar-refractivity contribution is 5.87. The predicted molar refractivity (Wildman–Crippen MR) is 120 cm³/mol. The SMILES string of the molecule is C=C(C)C(=O)OC(C)(C)C.C=C(C)C(=O)OC1CC(C(C)(O)C(F)(F)F)CC(C(C)(O)C(F)(F)F)C1. The summed E-state index contributed by atoms with van der Waals surface area (Å²) in [5, 5.41) is 19.8. The molecule has 0 saturated heterocycles. The molecule has 1 aliphatic carbocycles. The number of alkyl halides is 6. The topological polar surface area (TPSA) is 93.1 Å². The lowest BCUT2D eigenvalue weighted by Crippen LogP contribution is -2.57. The van der Waals surface area contributed by atoms with E-state index in [4.69, 9.17) is 9.47 Å². The molecule has 4 unspecified atom stereocenters. The average Bonchev–Trinajstić information content (AvgIpc) is 2.64. The van der Waals surface area contributed by atoms with Gasteiger partial charge in [0.2, 0.25) is 0 Å². The van der Waals surface area contributed by atoms with Gasteiger partial charge in [-0.2, -0.15) is 26.3 Å². The van der Waals surface area contributed by atoms with Crippen LogP contribution in [0.4, 0.5) is 26.3 Å². The van der Waals surface area contributed by atoms with Crippen LogP contribution in [-0.4, -0.2) is 57.4 Å². The first-order valence-corrected chi connectivity index (χ1v) is 11.1. The van der Waals surface area contributed by atoms with Crippen LogP contribution in [0.3, 0.4) is 0 Å². The summed E-state index contributed by atoms with van der Waals surface area (Å²) < 4.78 is 88.7. The molecule has 0 bridgehead atoms. The summed E-state index contributed by atoms with van der Waals surface area (Å²) in [5.74, 6) is -4.68. The van der Waals surface area contributed by atoms with Crippen LogP contribution in [0.2, 0.25) is 0 Å². The number of carbonyl (C=O) groups is 2. The molecule has 1 aliphatic rings. The van der Waals surface area contributed by atoms with Crippen molar-refractivity contribution in [1.29, 1.82) is 0 Å². The van der Waals surface area contributed by atoms with Gasteiger partial charge in [-0.1, -0.05) is 13.2 Å². The van der Waals surface area contributed by atoms with E-state index in [9.17, 15) is 46.1 Å². The number of hydrogen-bond donors (Lipinski definition) is 2. The normalized spacial score (nSPS) is 24.2. The molecule has 1 rings (SSSR count). The molecule has 12 heteroatoms. The van der Waals surface area contributed by atoms with Gasteiger partial charge < -0.3 is 19.7 Å². The predicted octanol–water partition coefficient (Wildman–Crippen LogP) is 5.42. The zero-order valence-corrected chi connectivity index (χ0v) is 21.6. The minimum Gasteiger partial charge on any atom is -0.459 e. The summed E-state index contributed by atoms with van der Waals surface area (Å²) in [6.07, 6.45) is -13.3. The van der Waals surface area contributed by atoms with Crippen molar-refractivity contribution in [3.05, 3.63) is 24.3 Å². The van der Waals surface area contributed by atoms with Gasteiger partial charge in [-0.25, -0.2) is 9.59 Å². The molecule has 0 heterocycles. The maximum atomic E-state index is 13.1. The van der Waals surface area contributed by atoms with Crippen LogP contribution in [0.25, 0.3) is 0 Å². The molecule has 0 aromatic carbocycles. The molecular weight excluding hydrogens is 498 g/mol. The Morgan fingerprint density at radius 1 is 0.722 bits per heavy atom. The fourth-order valence-corrected chi connectivity index (χ4v) is 3.36. The van der Waals surface area contributed by atoms with Gasteiger partial charge >= 0.3 is 24.3 Å². The molecule has 0 aromatic heterocycles. The van der Waals surface area contributed by atoms with Gasteiger partial charge in [-0.05, 0) is 67.7 Å². The van der Waals surface area contributed by atoms with E-state index in [1.54, 1.807) is 6.92 Å². The minimum absolute atomic E-state index is 0.0752. The Hall–Kier alpha value is -2.08. The lowest BCUT2D eigenvalue weighted by atomic mass is 9.67. The zero-order chi connectivity index (χ0) is 29.1. The van der Waals surface area contributed by atoms with E-state index in [1.807, 2.05) is 20.8 Å². The van der Waals surface area contributed by atoms with Crippen LogP contribution < -0.4 is 0 Å². The summed E-state index contributed by atoms with van der Waals surface area (Å²) >= 11 is 0. The van der Waals surface area contributed by atoms with E-state index in [0.29, 0.717) is 19.4 Å². The molecule has 210 valence electrons. The maximum Gasteiger partial charge on any atom is 0.417 e. The highest BCUT2D eigenvalue weighted by Gasteiger charge is 2.61. The standard InChI is InChI=1S/C16H22F6O4.C8H14O2/c1-8(2)12(23)26-11-6-9(13(3,24)15(17,18)19)5-10(7-11)14(4,25)16(20,21)22;1-6(2)7(9)10-8(3,4)5/h9-11,24-25H,1,5-7H2,2-4H3;1H2,2-5H3. The number of halogens is 6. The molecular formula is C24H36F6O6. The lowest BCUT2D eigenvalue weighted by molar-refractivity contribution is -0.299. The summed E-state index contributed by atoms with van der Waals surface area (Å²) in [6.45, 7) is 16.1. The van der Waals surface area contributed by atoms with Gasteiger partial charge in [0, 0.05) is 23.0 Å². The Balaban J connectivity index is 0.00000103. The minimum atomic E-state index is -5.10. The molecule has 2 N–H and O–H groups in total. The fourth-order valence-electron chi connectivity index (χ4n) is 3.36. The summed E-state index contributed by atoms with van der Waals surface area (Å²) in [5.41, 5.74) is -6.65. The smallest absolute Gasteiger partial charge is 0.417 e. The number of hydrogen-bond acceptors (Lipinski definition) is 6. The highest BCUT2D eigenvalue weighted by Crippen LogP contribution is 2.50. The van der Waals surface area contributed by atoms with E-state index < -0.39 is 72.3 Å². The summed E-state index contributed by atoms with van der Waals surface area (Å²) in [4.78, 5) is 22.5. The van der Waals surface area contributed by atoms with E-state index in [0.717, 1.165) is 0 Å². The van der Waals surface area contributed by atoms with Gasteiger partial charge in [0.15, 0.2) is 11.2 Å². The number of esters is 2. The summed E-state index contributed by atoms with van der Waals surface area (Å²) in [7, 11) is 0. The molecule has 1 fully saturated rings. The van der Waals surface area contributed by atoms with E-state index in [1.165, 1.54) is 6.92 Å².